The molecule has 1 rings (SSSR count). The van der Waals surface area contributed by atoms with Crippen molar-refractivity contribution in [3.05, 3.63) is 29.8 Å². The lowest BCUT2D eigenvalue weighted by Gasteiger charge is -2.26. The van der Waals surface area contributed by atoms with E-state index in [2.05, 4.69) is 45.1 Å². The van der Waals surface area contributed by atoms with Gasteiger partial charge in [-0.3, -0.25) is 0 Å². The summed E-state index contributed by atoms with van der Waals surface area (Å²) in [7, 11) is 1.73. The maximum absolute atomic E-state index is 5.40. The van der Waals surface area contributed by atoms with Crippen molar-refractivity contribution in [3.8, 4) is 5.75 Å². The SMILES string of the molecule is CCC(N[C@H](C)c1ccccc1OC)C(C)C. The predicted molar refractivity (Wildman–Crippen MR) is 73.5 cm³/mol. The van der Waals surface area contributed by atoms with Crippen molar-refractivity contribution in [2.45, 2.75) is 46.2 Å². The quantitative estimate of drug-likeness (QED) is 0.810. The lowest BCUT2D eigenvalue weighted by molar-refractivity contribution is 0.345. The van der Waals surface area contributed by atoms with E-state index in [4.69, 9.17) is 4.74 Å². The fourth-order valence-electron chi connectivity index (χ4n) is 2.22. The molecule has 96 valence electrons. The van der Waals surface area contributed by atoms with Crippen molar-refractivity contribution in [1.29, 1.82) is 0 Å². The van der Waals surface area contributed by atoms with Crippen molar-refractivity contribution in [3.63, 3.8) is 0 Å². The number of ether oxygens (including phenoxy) is 1. The second-order valence-corrected chi connectivity index (χ2v) is 4.89. The zero-order chi connectivity index (χ0) is 12.8. The van der Waals surface area contributed by atoms with Crippen LogP contribution in [0.4, 0.5) is 0 Å². The fraction of sp³-hybridized carbons (Fsp3) is 0.600. The Labute approximate surface area is 105 Å². The van der Waals surface area contributed by atoms with Crippen molar-refractivity contribution < 1.29 is 4.74 Å². The van der Waals surface area contributed by atoms with Gasteiger partial charge in [0.15, 0.2) is 0 Å². The molecule has 0 radical (unpaired) electrons. The van der Waals surface area contributed by atoms with Crippen LogP contribution in [0.15, 0.2) is 24.3 Å². The molecule has 1 unspecified atom stereocenters. The Morgan fingerprint density at radius 3 is 2.35 bits per heavy atom. The van der Waals surface area contributed by atoms with Crippen LogP contribution in [-0.4, -0.2) is 13.2 Å². The van der Waals surface area contributed by atoms with Gasteiger partial charge in [0.1, 0.15) is 5.75 Å². The minimum Gasteiger partial charge on any atom is -0.496 e. The fourth-order valence-corrected chi connectivity index (χ4v) is 2.22. The summed E-state index contributed by atoms with van der Waals surface area (Å²) in [6, 6.07) is 9.09. The molecule has 2 nitrogen and oxygen atoms in total. The van der Waals surface area contributed by atoms with E-state index in [0.717, 1.165) is 12.2 Å². The maximum Gasteiger partial charge on any atom is 0.123 e. The number of hydrogen-bond acceptors (Lipinski definition) is 2. The van der Waals surface area contributed by atoms with Crippen LogP contribution in [0.2, 0.25) is 0 Å². The van der Waals surface area contributed by atoms with Crippen molar-refractivity contribution in [1.82, 2.24) is 5.32 Å². The second kappa shape index (κ2) is 6.65. The van der Waals surface area contributed by atoms with E-state index in [1.165, 1.54) is 5.56 Å². The zero-order valence-electron chi connectivity index (χ0n) is 11.7. The lowest BCUT2D eigenvalue weighted by atomic mass is 9.99. The number of hydrogen-bond donors (Lipinski definition) is 1. The average molecular weight is 235 g/mol. The number of benzene rings is 1. The number of rotatable bonds is 6. The minimum absolute atomic E-state index is 0.318. The third kappa shape index (κ3) is 3.74. The van der Waals surface area contributed by atoms with Crippen LogP contribution >= 0.6 is 0 Å². The van der Waals surface area contributed by atoms with Crippen LogP contribution in [0.3, 0.4) is 0 Å². The van der Waals surface area contributed by atoms with Crippen molar-refractivity contribution in [2.24, 2.45) is 5.92 Å². The lowest BCUT2D eigenvalue weighted by Crippen LogP contribution is -2.35. The molecule has 1 aromatic carbocycles. The van der Waals surface area contributed by atoms with Gasteiger partial charge < -0.3 is 10.1 Å². The summed E-state index contributed by atoms with van der Waals surface area (Å²) in [6.07, 6.45) is 1.15. The molecule has 17 heavy (non-hydrogen) atoms. The molecule has 1 N–H and O–H groups in total. The molecule has 0 aliphatic carbocycles. The normalized spacial score (nSPS) is 14.7. The molecular formula is C15H25NO. The molecule has 2 atom stereocenters. The summed E-state index contributed by atoms with van der Waals surface area (Å²) >= 11 is 0. The smallest absolute Gasteiger partial charge is 0.123 e. The van der Waals surface area contributed by atoms with E-state index >= 15 is 0 Å². The Bertz CT molecular complexity index is 335. The first kappa shape index (κ1) is 14.0. The first-order chi connectivity index (χ1) is 8.10. The Morgan fingerprint density at radius 1 is 1.18 bits per heavy atom. The third-order valence-electron chi connectivity index (χ3n) is 3.31. The second-order valence-electron chi connectivity index (χ2n) is 4.89. The number of para-hydroxylation sites is 1. The first-order valence-electron chi connectivity index (χ1n) is 6.49. The van der Waals surface area contributed by atoms with Crippen LogP contribution in [0, 0.1) is 5.92 Å². The summed E-state index contributed by atoms with van der Waals surface area (Å²) in [5.74, 6) is 1.61. The van der Waals surface area contributed by atoms with E-state index in [0.29, 0.717) is 18.0 Å². The largest absolute Gasteiger partial charge is 0.496 e. The van der Waals surface area contributed by atoms with E-state index in [1.54, 1.807) is 7.11 Å². The standard InChI is InChI=1S/C15H25NO/c1-6-14(11(2)3)16-12(4)13-9-7-8-10-15(13)17-5/h7-12,14,16H,6H2,1-5H3/t12-,14?/m1/s1. The van der Waals surface area contributed by atoms with Crippen molar-refractivity contribution >= 4 is 0 Å². The Balaban J connectivity index is 2.78. The third-order valence-corrected chi connectivity index (χ3v) is 3.31. The van der Waals surface area contributed by atoms with Gasteiger partial charge >= 0.3 is 0 Å². The zero-order valence-corrected chi connectivity index (χ0v) is 11.7. The van der Waals surface area contributed by atoms with Crippen LogP contribution in [0.1, 0.15) is 45.7 Å². The topological polar surface area (TPSA) is 21.3 Å². The van der Waals surface area contributed by atoms with Crippen LogP contribution in [0.5, 0.6) is 5.75 Å². The van der Waals surface area contributed by atoms with Gasteiger partial charge in [-0.05, 0) is 25.3 Å². The van der Waals surface area contributed by atoms with Gasteiger partial charge in [0.25, 0.3) is 0 Å². The molecule has 2 heteroatoms. The average Bonchev–Trinajstić information content (AvgIpc) is 2.35. The van der Waals surface area contributed by atoms with Gasteiger partial charge in [-0.2, -0.15) is 0 Å². The monoisotopic (exact) mass is 235 g/mol. The highest BCUT2D eigenvalue weighted by Crippen LogP contribution is 2.25. The van der Waals surface area contributed by atoms with Gasteiger partial charge in [0, 0.05) is 17.6 Å². The van der Waals surface area contributed by atoms with Gasteiger partial charge in [-0.15, -0.1) is 0 Å². The molecular weight excluding hydrogens is 210 g/mol. The minimum atomic E-state index is 0.318. The maximum atomic E-state index is 5.40. The highest BCUT2D eigenvalue weighted by molar-refractivity contribution is 5.35. The Hall–Kier alpha value is -1.02. The van der Waals surface area contributed by atoms with Crippen molar-refractivity contribution in [2.75, 3.05) is 7.11 Å². The van der Waals surface area contributed by atoms with Gasteiger partial charge in [0.05, 0.1) is 7.11 Å². The Kier molecular flexibility index (Phi) is 5.49. The molecule has 0 saturated heterocycles. The first-order valence-corrected chi connectivity index (χ1v) is 6.49. The molecule has 0 bridgehead atoms. The van der Waals surface area contributed by atoms with E-state index in [1.807, 2.05) is 12.1 Å². The van der Waals surface area contributed by atoms with Crippen LogP contribution in [0.25, 0.3) is 0 Å². The summed E-state index contributed by atoms with van der Waals surface area (Å²) in [4.78, 5) is 0. The summed E-state index contributed by atoms with van der Waals surface area (Å²) in [6.45, 7) is 8.95. The molecule has 0 amide bonds. The van der Waals surface area contributed by atoms with E-state index < -0.39 is 0 Å². The molecule has 0 heterocycles. The summed E-state index contributed by atoms with van der Waals surface area (Å²) in [5, 5.41) is 3.68. The summed E-state index contributed by atoms with van der Waals surface area (Å²) < 4.78 is 5.40. The number of methoxy groups -OCH3 is 1. The van der Waals surface area contributed by atoms with Crippen LogP contribution < -0.4 is 10.1 Å². The highest BCUT2D eigenvalue weighted by Gasteiger charge is 2.16. The van der Waals surface area contributed by atoms with E-state index in [9.17, 15) is 0 Å². The summed E-state index contributed by atoms with van der Waals surface area (Å²) in [5.41, 5.74) is 1.23. The molecule has 1 aromatic rings. The molecule has 0 spiro atoms. The molecule has 0 aromatic heterocycles. The van der Waals surface area contributed by atoms with Gasteiger partial charge in [0.2, 0.25) is 0 Å². The predicted octanol–water partition coefficient (Wildman–Crippen LogP) is 3.78. The molecule has 0 saturated carbocycles. The molecule has 0 aliphatic heterocycles. The molecule has 0 aliphatic rings. The van der Waals surface area contributed by atoms with Gasteiger partial charge in [-0.25, -0.2) is 0 Å². The molecule has 0 fully saturated rings. The highest BCUT2D eigenvalue weighted by atomic mass is 16.5. The van der Waals surface area contributed by atoms with Gasteiger partial charge in [-0.1, -0.05) is 39.0 Å². The number of nitrogens with one attached hydrogen (secondary N) is 1. The van der Waals surface area contributed by atoms with E-state index in [-0.39, 0.29) is 0 Å². The van der Waals surface area contributed by atoms with Crippen LogP contribution in [-0.2, 0) is 0 Å². The Morgan fingerprint density at radius 2 is 1.82 bits per heavy atom.